The summed E-state index contributed by atoms with van der Waals surface area (Å²) in [4.78, 5) is 23.9. The van der Waals surface area contributed by atoms with Gasteiger partial charge in [0, 0.05) is 5.56 Å². The summed E-state index contributed by atoms with van der Waals surface area (Å²) >= 11 is 0. The number of carbonyl (C=O) groups excluding carboxylic acids is 1. The Morgan fingerprint density at radius 1 is 1.07 bits per heavy atom. The Bertz CT molecular complexity index is 966. The molecule has 1 unspecified atom stereocenters. The lowest BCUT2D eigenvalue weighted by molar-refractivity contribution is -0.141. The summed E-state index contributed by atoms with van der Waals surface area (Å²) in [7, 11) is 1.56. The fourth-order valence-electron chi connectivity index (χ4n) is 2.66. The van der Waals surface area contributed by atoms with E-state index in [0.29, 0.717) is 11.5 Å². The molecule has 3 aromatic rings. The second-order valence-corrected chi connectivity index (χ2v) is 6.26. The van der Waals surface area contributed by atoms with Gasteiger partial charge in [0.2, 0.25) is 0 Å². The molecule has 0 saturated heterocycles. The first-order chi connectivity index (χ1) is 14.1. The lowest BCUT2D eigenvalue weighted by Crippen LogP contribution is -2.43. The number of carboxylic acid groups (broad SMARTS) is 1. The standard InChI is InChI=1S/C22H21NO6/c1-27-17-9-5-8-16(12-17)19-10-11-20(29-19)21(24)23-18(22(25)26)14-28-13-15-6-3-2-4-7-15/h2-12,18H,13-14H2,1H3,(H,23,24)(H,25,26). The van der Waals surface area contributed by atoms with Crippen molar-refractivity contribution in [2.75, 3.05) is 13.7 Å². The number of hydrogen-bond acceptors (Lipinski definition) is 5. The van der Waals surface area contributed by atoms with E-state index in [4.69, 9.17) is 13.9 Å². The number of benzene rings is 2. The third-order valence-corrected chi connectivity index (χ3v) is 4.18. The molecule has 0 radical (unpaired) electrons. The highest BCUT2D eigenvalue weighted by molar-refractivity contribution is 5.94. The number of methoxy groups -OCH3 is 1. The molecular weight excluding hydrogens is 374 g/mol. The van der Waals surface area contributed by atoms with Gasteiger partial charge in [-0.15, -0.1) is 0 Å². The van der Waals surface area contributed by atoms with Crippen LogP contribution in [0.15, 0.2) is 71.1 Å². The maximum atomic E-state index is 12.4. The summed E-state index contributed by atoms with van der Waals surface area (Å²) in [6.07, 6.45) is 0. The van der Waals surface area contributed by atoms with Crippen molar-refractivity contribution in [2.24, 2.45) is 0 Å². The first-order valence-electron chi connectivity index (χ1n) is 8.96. The number of nitrogens with one attached hydrogen (secondary N) is 1. The molecule has 1 aromatic heterocycles. The minimum absolute atomic E-state index is 0.0112. The number of hydrogen-bond donors (Lipinski definition) is 2. The number of amides is 1. The zero-order valence-corrected chi connectivity index (χ0v) is 15.8. The number of carbonyl (C=O) groups is 2. The van der Waals surface area contributed by atoms with Gasteiger partial charge in [0.1, 0.15) is 11.5 Å². The van der Waals surface area contributed by atoms with Crippen LogP contribution in [0.2, 0.25) is 0 Å². The van der Waals surface area contributed by atoms with E-state index in [-0.39, 0.29) is 19.0 Å². The predicted octanol–water partition coefficient (Wildman–Crippen LogP) is 3.36. The molecule has 3 rings (SSSR count). The topological polar surface area (TPSA) is 98.0 Å². The smallest absolute Gasteiger partial charge is 0.328 e. The Morgan fingerprint density at radius 2 is 1.86 bits per heavy atom. The van der Waals surface area contributed by atoms with Gasteiger partial charge < -0.3 is 24.3 Å². The molecule has 150 valence electrons. The van der Waals surface area contributed by atoms with Gasteiger partial charge in [-0.2, -0.15) is 0 Å². The van der Waals surface area contributed by atoms with Crippen molar-refractivity contribution in [2.45, 2.75) is 12.6 Å². The molecule has 2 N–H and O–H groups in total. The zero-order chi connectivity index (χ0) is 20.6. The van der Waals surface area contributed by atoms with Crippen LogP contribution in [0, 0.1) is 0 Å². The van der Waals surface area contributed by atoms with Gasteiger partial charge in [-0.25, -0.2) is 4.79 Å². The van der Waals surface area contributed by atoms with Gasteiger partial charge in [0.25, 0.3) is 5.91 Å². The minimum Gasteiger partial charge on any atom is -0.497 e. The summed E-state index contributed by atoms with van der Waals surface area (Å²) in [5.74, 6) is -0.675. The van der Waals surface area contributed by atoms with Crippen molar-refractivity contribution in [3.05, 3.63) is 78.1 Å². The normalized spacial score (nSPS) is 11.6. The highest BCUT2D eigenvalue weighted by atomic mass is 16.5. The number of aliphatic carboxylic acids is 1. The van der Waals surface area contributed by atoms with Gasteiger partial charge in [-0.1, -0.05) is 42.5 Å². The maximum Gasteiger partial charge on any atom is 0.328 e. The van der Waals surface area contributed by atoms with Crippen LogP contribution in [-0.4, -0.2) is 36.7 Å². The van der Waals surface area contributed by atoms with E-state index in [9.17, 15) is 14.7 Å². The molecule has 7 heteroatoms. The minimum atomic E-state index is -1.20. The van der Waals surface area contributed by atoms with Gasteiger partial charge in [0.15, 0.2) is 11.8 Å². The molecule has 0 aliphatic heterocycles. The summed E-state index contributed by atoms with van der Waals surface area (Å²) in [5.41, 5.74) is 1.65. The molecule has 0 bridgehead atoms. The fourth-order valence-corrected chi connectivity index (χ4v) is 2.66. The summed E-state index contributed by atoms with van der Waals surface area (Å²) in [6, 6.07) is 18.5. The fraction of sp³-hybridized carbons (Fsp3) is 0.182. The molecule has 2 aromatic carbocycles. The molecule has 1 atom stereocenters. The lowest BCUT2D eigenvalue weighted by Gasteiger charge is -2.14. The molecule has 29 heavy (non-hydrogen) atoms. The number of ether oxygens (including phenoxy) is 2. The van der Waals surface area contributed by atoms with Crippen LogP contribution < -0.4 is 10.1 Å². The van der Waals surface area contributed by atoms with E-state index in [1.54, 1.807) is 31.4 Å². The Kier molecular flexibility index (Phi) is 6.65. The second kappa shape index (κ2) is 9.57. The predicted molar refractivity (Wildman–Crippen MR) is 106 cm³/mol. The van der Waals surface area contributed by atoms with Crippen LogP contribution in [-0.2, 0) is 16.1 Å². The molecule has 0 aliphatic carbocycles. The van der Waals surface area contributed by atoms with E-state index in [2.05, 4.69) is 5.32 Å². The number of furan rings is 1. The number of rotatable bonds is 9. The van der Waals surface area contributed by atoms with Crippen LogP contribution in [0.3, 0.4) is 0 Å². The van der Waals surface area contributed by atoms with E-state index in [1.165, 1.54) is 6.07 Å². The summed E-state index contributed by atoms with van der Waals surface area (Å²) < 4.78 is 16.2. The highest BCUT2D eigenvalue weighted by Gasteiger charge is 2.23. The Labute approximate surface area is 167 Å². The third-order valence-electron chi connectivity index (χ3n) is 4.18. The van der Waals surface area contributed by atoms with Crippen molar-refractivity contribution in [3.63, 3.8) is 0 Å². The second-order valence-electron chi connectivity index (χ2n) is 6.26. The Morgan fingerprint density at radius 3 is 2.59 bits per heavy atom. The SMILES string of the molecule is COc1cccc(-c2ccc(C(=O)NC(COCc3ccccc3)C(=O)O)o2)c1. The van der Waals surface area contributed by atoms with Crippen LogP contribution in [0.1, 0.15) is 16.1 Å². The first kappa shape index (κ1) is 20.2. The molecule has 0 spiro atoms. The van der Waals surface area contributed by atoms with Crippen LogP contribution in [0.4, 0.5) is 0 Å². The Balaban J connectivity index is 1.61. The molecule has 1 heterocycles. The summed E-state index contributed by atoms with van der Waals surface area (Å²) in [5, 5.41) is 11.8. The van der Waals surface area contributed by atoms with Crippen LogP contribution >= 0.6 is 0 Å². The molecular formula is C22H21NO6. The van der Waals surface area contributed by atoms with E-state index < -0.39 is 17.9 Å². The van der Waals surface area contributed by atoms with Crippen LogP contribution in [0.5, 0.6) is 5.75 Å². The van der Waals surface area contributed by atoms with Crippen molar-refractivity contribution in [1.82, 2.24) is 5.32 Å². The van der Waals surface area contributed by atoms with Gasteiger partial charge in [0.05, 0.1) is 20.3 Å². The molecule has 7 nitrogen and oxygen atoms in total. The quantitative estimate of drug-likeness (QED) is 0.577. The third kappa shape index (κ3) is 5.46. The van der Waals surface area contributed by atoms with E-state index in [0.717, 1.165) is 11.1 Å². The van der Waals surface area contributed by atoms with Crippen molar-refractivity contribution in [1.29, 1.82) is 0 Å². The van der Waals surface area contributed by atoms with Gasteiger partial charge in [-0.3, -0.25) is 4.79 Å². The highest BCUT2D eigenvalue weighted by Crippen LogP contribution is 2.25. The molecule has 0 fully saturated rings. The van der Waals surface area contributed by atoms with Crippen molar-refractivity contribution >= 4 is 11.9 Å². The first-order valence-corrected chi connectivity index (χ1v) is 8.96. The molecule has 0 saturated carbocycles. The lowest BCUT2D eigenvalue weighted by atomic mass is 10.2. The van der Waals surface area contributed by atoms with Crippen molar-refractivity contribution < 1.29 is 28.6 Å². The molecule has 0 aliphatic rings. The van der Waals surface area contributed by atoms with Crippen molar-refractivity contribution in [3.8, 4) is 17.1 Å². The van der Waals surface area contributed by atoms with E-state index >= 15 is 0 Å². The largest absolute Gasteiger partial charge is 0.497 e. The Hall–Kier alpha value is -3.58. The average molecular weight is 395 g/mol. The monoisotopic (exact) mass is 395 g/mol. The maximum absolute atomic E-state index is 12.4. The summed E-state index contributed by atoms with van der Waals surface area (Å²) in [6.45, 7) is 0.0840. The van der Waals surface area contributed by atoms with Crippen LogP contribution in [0.25, 0.3) is 11.3 Å². The zero-order valence-electron chi connectivity index (χ0n) is 15.8. The number of carboxylic acids is 1. The van der Waals surface area contributed by atoms with Gasteiger partial charge in [-0.05, 0) is 29.8 Å². The van der Waals surface area contributed by atoms with Gasteiger partial charge >= 0.3 is 5.97 Å². The van der Waals surface area contributed by atoms with E-state index in [1.807, 2.05) is 36.4 Å². The average Bonchev–Trinajstić information content (AvgIpc) is 3.24. The molecule has 1 amide bonds.